The third-order valence-corrected chi connectivity index (χ3v) is 11.0. The van der Waals surface area contributed by atoms with Crippen molar-refractivity contribution in [3.05, 3.63) is 75.9 Å². The zero-order chi connectivity index (χ0) is 27.3. The Morgan fingerprint density at radius 3 is 2.68 bits per heavy atom. The lowest BCUT2D eigenvalue weighted by molar-refractivity contribution is 0.144. The van der Waals surface area contributed by atoms with Crippen molar-refractivity contribution < 1.29 is 0 Å². The molecule has 4 aliphatic carbocycles. The Labute approximate surface area is 241 Å². The molecule has 5 fully saturated rings. The number of piperidine rings is 1. The Bertz CT molecular complexity index is 1710. The summed E-state index contributed by atoms with van der Waals surface area (Å²) in [6.45, 7) is 5.52. The van der Waals surface area contributed by atoms with Gasteiger partial charge in [0.1, 0.15) is 17.7 Å². The van der Waals surface area contributed by atoms with Crippen LogP contribution in [-0.4, -0.2) is 42.3 Å². The second kappa shape index (κ2) is 8.66. The van der Waals surface area contributed by atoms with Crippen molar-refractivity contribution in [2.45, 2.75) is 95.1 Å². The number of benzene rings is 1. The Hall–Kier alpha value is -3.19. The van der Waals surface area contributed by atoms with Crippen molar-refractivity contribution in [2.24, 2.45) is 11.3 Å². The summed E-state index contributed by atoms with van der Waals surface area (Å²) in [6.07, 6.45) is 16.5. The van der Waals surface area contributed by atoms with Crippen molar-refractivity contribution in [2.75, 3.05) is 13.1 Å². The molecule has 1 aliphatic heterocycles. The van der Waals surface area contributed by atoms with Gasteiger partial charge in [0.25, 0.3) is 5.56 Å². The van der Waals surface area contributed by atoms with Crippen LogP contribution in [0.4, 0.5) is 0 Å². The highest BCUT2D eigenvalue weighted by atomic mass is 16.1. The summed E-state index contributed by atoms with van der Waals surface area (Å²) >= 11 is 0. The van der Waals surface area contributed by atoms with Crippen LogP contribution in [0.5, 0.6) is 0 Å². The van der Waals surface area contributed by atoms with E-state index in [0.29, 0.717) is 17.4 Å². The van der Waals surface area contributed by atoms with E-state index in [1.165, 1.54) is 68.2 Å². The number of hydrogen-bond acceptors (Lipinski definition) is 4. The zero-order valence-corrected chi connectivity index (χ0v) is 24.1. The fraction of sp³-hybridized carbons (Fsp3) is 0.559. The van der Waals surface area contributed by atoms with E-state index in [1.54, 1.807) is 0 Å². The first-order valence-corrected chi connectivity index (χ1v) is 16.0. The Morgan fingerprint density at radius 1 is 1.07 bits per heavy atom. The average molecular weight is 549 g/mol. The molecule has 41 heavy (non-hydrogen) atoms. The Kier molecular flexibility index (Phi) is 5.16. The standard InChI is InChI=1S/C34H40N6O/c1-22-4-3-13-38(16-22)17-25-15-28-29(23-7-8-23)18-39(31(41)30(28)36-25)27-6-2-5-24(14-27)34(19-33(20-34)11-12-33)32-37-35-21-40(32)26-9-10-26/h2,5-6,14-15,18,21-23,26,36H,3-4,7-13,16-17,19-20H2,1H3/t22-/m0/s1. The van der Waals surface area contributed by atoms with E-state index < -0.39 is 0 Å². The molecule has 3 aromatic heterocycles. The SMILES string of the molecule is C[C@H]1CCCN(Cc2cc3c(C4CC4)cn(-c4cccc(C5(c6nncn6C6CC6)CC6(CC6)C5)c4)c(=O)c3[nH]2)C1. The highest BCUT2D eigenvalue weighted by Gasteiger charge is 2.64. The fourth-order valence-electron chi connectivity index (χ4n) is 8.37. The van der Waals surface area contributed by atoms with Crippen LogP contribution in [0.3, 0.4) is 0 Å². The van der Waals surface area contributed by atoms with Gasteiger partial charge in [-0.2, -0.15) is 0 Å². The van der Waals surface area contributed by atoms with Crippen LogP contribution < -0.4 is 5.56 Å². The molecule has 0 amide bonds. The summed E-state index contributed by atoms with van der Waals surface area (Å²) in [4.78, 5) is 20.3. The lowest BCUT2D eigenvalue weighted by atomic mass is 9.56. The molecule has 1 saturated heterocycles. The maximum absolute atomic E-state index is 14.1. The predicted molar refractivity (Wildman–Crippen MR) is 160 cm³/mol. The van der Waals surface area contributed by atoms with Gasteiger partial charge >= 0.3 is 0 Å². The molecule has 4 saturated carbocycles. The predicted octanol–water partition coefficient (Wildman–Crippen LogP) is 6.21. The molecule has 5 aliphatic rings. The smallest absolute Gasteiger partial charge is 0.279 e. The molecule has 9 rings (SSSR count). The lowest BCUT2D eigenvalue weighted by Crippen LogP contribution is -2.45. The van der Waals surface area contributed by atoms with Crippen LogP contribution in [-0.2, 0) is 12.0 Å². The van der Waals surface area contributed by atoms with Gasteiger partial charge in [-0.1, -0.05) is 19.1 Å². The molecule has 1 aromatic carbocycles. The maximum atomic E-state index is 14.1. The Morgan fingerprint density at radius 2 is 1.93 bits per heavy atom. The first kappa shape index (κ1) is 24.4. The molecule has 4 aromatic rings. The summed E-state index contributed by atoms with van der Waals surface area (Å²) < 4.78 is 4.28. The molecule has 0 unspecified atom stereocenters. The highest BCUT2D eigenvalue weighted by molar-refractivity contribution is 5.84. The molecule has 1 atom stereocenters. The van der Waals surface area contributed by atoms with Crippen molar-refractivity contribution in [1.82, 2.24) is 29.2 Å². The number of pyridine rings is 1. The second-order valence-corrected chi connectivity index (χ2v) is 14.4. The van der Waals surface area contributed by atoms with Gasteiger partial charge in [0.15, 0.2) is 0 Å². The van der Waals surface area contributed by atoms with Gasteiger partial charge in [0.05, 0.1) is 5.41 Å². The van der Waals surface area contributed by atoms with Crippen LogP contribution in [0.2, 0.25) is 0 Å². The number of aromatic amines is 1. The van der Waals surface area contributed by atoms with E-state index in [-0.39, 0.29) is 11.0 Å². The van der Waals surface area contributed by atoms with Crippen molar-refractivity contribution in [1.29, 1.82) is 0 Å². The van der Waals surface area contributed by atoms with Gasteiger partial charge in [-0.05, 0) is 117 Å². The third-order valence-electron chi connectivity index (χ3n) is 11.0. The van der Waals surface area contributed by atoms with E-state index in [0.717, 1.165) is 60.8 Å². The molecule has 0 radical (unpaired) electrons. The summed E-state index contributed by atoms with van der Waals surface area (Å²) in [5.41, 5.74) is 5.96. The second-order valence-electron chi connectivity index (χ2n) is 14.4. The van der Waals surface area contributed by atoms with Crippen molar-refractivity contribution in [3.8, 4) is 5.69 Å². The van der Waals surface area contributed by atoms with Gasteiger partial charge in [-0.3, -0.25) is 14.3 Å². The summed E-state index contributed by atoms with van der Waals surface area (Å²) in [5, 5.41) is 10.3. The topological polar surface area (TPSA) is 71.7 Å². The number of hydrogen-bond donors (Lipinski definition) is 1. The summed E-state index contributed by atoms with van der Waals surface area (Å²) in [7, 11) is 0. The number of H-pyrrole nitrogens is 1. The minimum atomic E-state index is -0.107. The van der Waals surface area contributed by atoms with Crippen molar-refractivity contribution >= 4 is 10.9 Å². The summed E-state index contributed by atoms with van der Waals surface area (Å²) in [6, 6.07) is 11.6. The monoisotopic (exact) mass is 548 g/mol. The first-order chi connectivity index (χ1) is 20.0. The van der Waals surface area contributed by atoms with Crippen molar-refractivity contribution in [3.63, 3.8) is 0 Å². The summed E-state index contributed by atoms with van der Waals surface area (Å²) in [5.74, 6) is 2.43. The van der Waals surface area contributed by atoms with Gasteiger partial charge in [0.2, 0.25) is 0 Å². The first-order valence-electron chi connectivity index (χ1n) is 16.0. The van der Waals surface area contributed by atoms with E-state index in [9.17, 15) is 4.79 Å². The van der Waals surface area contributed by atoms with E-state index >= 15 is 0 Å². The fourth-order valence-corrected chi connectivity index (χ4v) is 8.37. The molecule has 7 nitrogen and oxygen atoms in total. The van der Waals surface area contributed by atoms with Gasteiger partial charge < -0.3 is 9.55 Å². The number of likely N-dealkylation sites (tertiary alicyclic amines) is 1. The quantitative estimate of drug-likeness (QED) is 0.298. The molecular formula is C34H40N6O. The average Bonchev–Trinajstić information content (AvgIpc) is 3.88. The Balaban J connectivity index is 1.12. The minimum absolute atomic E-state index is 0.0577. The maximum Gasteiger partial charge on any atom is 0.279 e. The van der Waals surface area contributed by atoms with Crippen LogP contribution >= 0.6 is 0 Å². The van der Waals surface area contributed by atoms with E-state index in [2.05, 4.69) is 63.0 Å². The number of rotatable bonds is 7. The normalized spacial score (nSPS) is 25.0. The van der Waals surface area contributed by atoms with Crippen LogP contribution in [0.25, 0.3) is 16.6 Å². The van der Waals surface area contributed by atoms with Crippen LogP contribution in [0.15, 0.2) is 47.7 Å². The molecular weight excluding hydrogens is 508 g/mol. The van der Waals surface area contributed by atoms with E-state index in [1.807, 2.05) is 10.9 Å². The number of aromatic nitrogens is 5. The minimum Gasteiger partial charge on any atom is -0.353 e. The molecule has 1 spiro atoms. The molecule has 7 heteroatoms. The van der Waals surface area contributed by atoms with Crippen LogP contribution in [0.1, 0.15) is 106 Å². The van der Waals surface area contributed by atoms with Gasteiger partial charge in [-0.15, -0.1) is 10.2 Å². The molecule has 1 N–H and O–H groups in total. The molecule has 0 bridgehead atoms. The number of nitrogens with zero attached hydrogens (tertiary/aromatic N) is 5. The van der Waals surface area contributed by atoms with E-state index in [4.69, 9.17) is 5.10 Å². The largest absolute Gasteiger partial charge is 0.353 e. The zero-order valence-electron chi connectivity index (χ0n) is 24.1. The molecule has 4 heterocycles. The van der Waals surface area contributed by atoms with Gasteiger partial charge in [-0.25, -0.2) is 0 Å². The third kappa shape index (κ3) is 3.98. The number of fused-ring (bicyclic) bond motifs is 1. The van der Waals surface area contributed by atoms with Crippen LogP contribution in [0, 0.1) is 11.3 Å². The lowest BCUT2D eigenvalue weighted by Gasteiger charge is -2.48. The highest BCUT2D eigenvalue weighted by Crippen LogP contribution is 2.70. The number of nitrogens with one attached hydrogen (secondary N) is 1. The molecule has 212 valence electrons. The van der Waals surface area contributed by atoms with Gasteiger partial charge in [0, 0.05) is 42.1 Å².